The van der Waals surface area contributed by atoms with E-state index in [2.05, 4.69) is 0 Å². The summed E-state index contributed by atoms with van der Waals surface area (Å²) in [5.74, 6) is 1.91. The lowest BCUT2D eigenvalue weighted by molar-refractivity contribution is -0.132. The minimum Gasteiger partial charge on any atom is -0.374 e. The summed E-state index contributed by atoms with van der Waals surface area (Å²) in [5, 5.41) is 0. The summed E-state index contributed by atoms with van der Waals surface area (Å²) in [4.78, 5) is 23.4. The van der Waals surface area contributed by atoms with E-state index in [0.717, 1.165) is 44.9 Å². The molecular formula is C18H28O3. The summed E-state index contributed by atoms with van der Waals surface area (Å²) in [7, 11) is 0. The first-order valence-corrected chi connectivity index (χ1v) is 8.91. The van der Waals surface area contributed by atoms with Crippen LogP contribution in [0.25, 0.3) is 0 Å². The summed E-state index contributed by atoms with van der Waals surface area (Å²) < 4.78 is 6.37. The van der Waals surface area contributed by atoms with E-state index in [1.54, 1.807) is 0 Å². The average molecular weight is 292 g/mol. The minimum absolute atomic E-state index is 0.149. The fraction of sp³-hybridized carbons (Fsp3) is 0.889. The summed E-state index contributed by atoms with van der Waals surface area (Å²) in [6.07, 6.45) is 12.5. The van der Waals surface area contributed by atoms with Gasteiger partial charge in [0.2, 0.25) is 0 Å². The molecule has 3 fully saturated rings. The van der Waals surface area contributed by atoms with E-state index in [1.807, 2.05) is 0 Å². The van der Waals surface area contributed by atoms with E-state index in [1.165, 1.54) is 25.7 Å². The summed E-state index contributed by atoms with van der Waals surface area (Å²) in [6.45, 7) is 0. The number of ether oxygens (including phenoxy) is 1. The van der Waals surface area contributed by atoms with Gasteiger partial charge >= 0.3 is 0 Å². The molecule has 0 heterocycles. The van der Waals surface area contributed by atoms with Crippen molar-refractivity contribution in [1.29, 1.82) is 0 Å². The van der Waals surface area contributed by atoms with Crippen molar-refractivity contribution in [2.75, 3.05) is 0 Å². The molecule has 0 aromatic rings. The van der Waals surface area contributed by atoms with E-state index in [0.29, 0.717) is 35.9 Å². The number of carbonyl (C=O) groups excluding carboxylic acids is 2. The van der Waals surface area contributed by atoms with Gasteiger partial charge in [-0.05, 0) is 50.4 Å². The van der Waals surface area contributed by atoms with Gasteiger partial charge in [0, 0.05) is 25.7 Å². The van der Waals surface area contributed by atoms with Crippen LogP contribution < -0.4 is 0 Å². The lowest BCUT2D eigenvalue weighted by atomic mass is 9.71. The van der Waals surface area contributed by atoms with Gasteiger partial charge in [0.1, 0.15) is 11.6 Å². The third-order valence-electron chi connectivity index (χ3n) is 5.68. The Morgan fingerprint density at radius 3 is 2.24 bits per heavy atom. The van der Waals surface area contributed by atoms with Gasteiger partial charge in [-0.3, -0.25) is 9.59 Å². The van der Waals surface area contributed by atoms with Crippen LogP contribution in [-0.4, -0.2) is 23.8 Å². The highest BCUT2D eigenvalue weighted by Crippen LogP contribution is 2.40. The van der Waals surface area contributed by atoms with E-state index >= 15 is 0 Å². The molecule has 3 aliphatic carbocycles. The maximum absolute atomic E-state index is 11.8. The fourth-order valence-electron chi connectivity index (χ4n) is 4.61. The van der Waals surface area contributed by atoms with Gasteiger partial charge in [-0.15, -0.1) is 0 Å². The molecule has 0 aliphatic heterocycles. The minimum atomic E-state index is 0.149. The van der Waals surface area contributed by atoms with Crippen molar-refractivity contribution in [2.45, 2.75) is 89.3 Å². The molecule has 21 heavy (non-hydrogen) atoms. The fourth-order valence-corrected chi connectivity index (χ4v) is 4.61. The zero-order valence-electron chi connectivity index (χ0n) is 13.0. The van der Waals surface area contributed by atoms with E-state index < -0.39 is 0 Å². The Labute approximate surface area is 127 Å². The molecule has 4 unspecified atom stereocenters. The van der Waals surface area contributed by atoms with Crippen molar-refractivity contribution in [2.24, 2.45) is 11.8 Å². The molecule has 0 bridgehead atoms. The van der Waals surface area contributed by atoms with Crippen LogP contribution in [0.1, 0.15) is 77.0 Å². The molecule has 0 amide bonds. The molecule has 0 radical (unpaired) electrons. The van der Waals surface area contributed by atoms with Crippen LogP contribution in [0.3, 0.4) is 0 Å². The smallest absolute Gasteiger partial charge is 0.135 e. The number of hydrogen-bond donors (Lipinski definition) is 0. The van der Waals surface area contributed by atoms with Crippen LogP contribution in [0.15, 0.2) is 0 Å². The molecule has 3 rings (SSSR count). The normalized spacial score (nSPS) is 38.5. The van der Waals surface area contributed by atoms with Crippen LogP contribution in [0, 0.1) is 11.8 Å². The Kier molecular flexibility index (Phi) is 5.10. The largest absolute Gasteiger partial charge is 0.374 e. The monoisotopic (exact) mass is 292 g/mol. The highest BCUT2D eigenvalue weighted by Gasteiger charge is 2.36. The predicted octanol–water partition coefficient (Wildman–Crippen LogP) is 3.83. The van der Waals surface area contributed by atoms with Crippen LogP contribution in [0.4, 0.5) is 0 Å². The second-order valence-corrected chi connectivity index (χ2v) is 7.27. The predicted molar refractivity (Wildman–Crippen MR) is 81.1 cm³/mol. The van der Waals surface area contributed by atoms with Crippen molar-refractivity contribution < 1.29 is 14.3 Å². The van der Waals surface area contributed by atoms with Crippen LogP contribution in [0.2, 0.25) is 0 Å². The van der Waals surface area contributed by atoms with Gasteiger partial charge in [-0.1, -0.05) is 12.8 Å². The van der Waals surface area contributed by atoms with Crippen LogP contribution >= 0.6 is 0 Å². The summed E-state index contributed by atoms with van der Waals surface area (Å²) in [6, 6.07) is 0. The Morgan fingerprint density at radius 1 is 0.762 bits per heavy atom. The Morgan fingerprint density at radius 2 is 1.48 bits per heavy atom. The van der Waals surface area contributed by atoms with E-state index in [9.17, 15) is 9.59 Å². The third-order valence-corrected chi connectivity index (χ3v) is 5.68. The summed E-state index contributed by atoms with van der Waals surface area (Å²) in [5.41, 5.74) is 0. The van der Waals surface area contributed by atoms with Crippen molar-refractivity contribution in [3.05, 3.63) is 0 Å². The van der Waals surface area contributed by atoms with Crippen molar-refractivity contribution in [1.82, 2.24) is 0 Å². The third kappa shape index (κ3) is 3.94. The van der Waals surface area contributed by atoms with Crippen LogP contribution in [-0.2, 0) is 14.3 Å². The SMILES string of the molecule is O=C1CCCC(OC2CCCCC2C2CCCC(=O)C2)C1. The molecule has 4 atom stereocenters. The lowest BCUT2D eigenvalue weighted by Gasteiger charge is -2.40. The molecule has 0 N–H and O–H groups in total. The van der Waals surface area contributed by atoms with Gasteiger partial charge in [0.05, 0.1) is 12.2 Å². The molecule has 3 nitrogen and oxygen atoms in total. The first-order chi connectivity index (χ1) is 10.2. The first kappa shape index (κ1) is 15.2. The molecule has 118 valence electrons. The van der Waals surface area contributed by atoms with Crippen molar-refractivity contribution in [3.8, 4) is 0 Å². The number of carbonyl (C=O) groups is 2. The van der Waals surface area contributed by atoms with Gasteiger partial charge in [0.15, 0.2) is 0 Å². The second-order valence-electron chi connectivity index (χ2n) is 7.27. The number of ketones is 2. The molecule has 3 saturated carbocycles. The van der Waals surface area contributed by atoms with E-state index in [4.69, 9.17) is 4.74 Å². The van der Waals surface area contributed by atoms with Gasteiger partial charge in [0.25, 0.3) is 0 Å². The molecule has 0 spiro atoms. The van der Waals surface area contributed by atoms with Gasteiger partial charge in [-0.2, -0.15) is 0 Å². The number of rotatable bonds is 3. The first-order valence-electron chi connectivity index (χ1n) is 8.91. The maximum Gasteiger partial charge on any atom is 0.135 e. The Hall–Kier alpha value is -0.700. The summed E-state index contributed by atoms with van der Waals surface area (Å²) >= 11 is 0. The zero-order chi connectivity index (χ0) is 14.7. The molecule has 0 aromatic heterocycles. The highest BCUT2D eigenvalue weighted by molar-refractivity contribution is 5.79. The van der Waals surface area contributed by atoms with Crippen molar-refractivity contribution >= 4 is 11.6 Å². The van der Waals surface area contributed by atoms with Gasteiger partial charge < -0.3 is 4.74 Å². The second kappa shape index (κ2) is 7.04. The van der Waals surface area contributed by atoms with E-state index in [-0.39, 0.29) is 6.10 Å². The zero-order valence-corrected chi connectivity index (χ0v) is 13.0. The maximum atomic E-state index is 11.8. The molecular weight excluding hydrogens is 264 g/mol. The van der Waals surface area contributed by atoms with Crippen molar-refractivity contribution in [3.63, 3.8) is 0 Å². The highest BCUT2D eigenvalue weighted by atomic mass is 16.5. The Bertz CT molecular complexity index is 390. The Balaban J connectivity index is 1.60. The lowest BCUT2D eigenvalue weighted by Crippen LogP contribution is -2.39. The molecule has 0 aromatic carbocycles. The molecule has 0 saturated heterocycles. The van der Waals surface area contributed by atoms with Crippen LogP contribution in [0.5, 0.6) is 0 Å². The standard InChI is InChI=1S/C18H28O3/c19-14-6-3-5-13(11-14)17-9-1-2-10-18(17)21-16-8-4-7-15(20)12-16/h13,16-18H,1-12H2. The number of Topliss-reactive ketones (excluding diaryl/α,β-unsaturated/α-hetero) is 2. The average Bonchev–Trinajstić information content (AvgIpc) is 2.48. The quantitative estimate of drug-likeness (QED) is 0.794. The molecule has 3 heteroatoms. The number of hydrogen-bond acceptors (Lipinski definition) is 3. The van der Waals surface area contributed by atoms with Gasteiger partial charge in [-0.25, -0.2) is 0 Å². The molecule has 3 aliphatic rings. The topological polar surface area (TPSA) is 43.4 Å².